The zero-order valence-corrected chi connectivity index (χ0v) is 14.1. The maximum Gasteiger partial charge on any atom is 0.328 e. The molecule has 2 N–H and O–H groups in total. The van der Waals surface area contributed by atoms with Crippen LogP contribution in [0.5, 0.6) is 0 Å². The monoisotopic (exact) mass is 337 g/mol. The molecule has 5 nitrogen and oxygen atoms in total. The van der Waals surface area contributed by atoms with Gasteiger partial charge in [-0.05, 0) is 48.7 Å². The van der Waals surface area contributed by atoms with Crippen LogP contribution in [0, 0.1) is 0 Å². The lowest BCUT2D eigenvalue weighted by Gasteiger charge is -2.33. The minimum atomic E-state index is -0.956. The maximum absolute atomic E-state index is 10.5. The number of likely N-dealkylation sites (tertiary alicyclic amines) is 1. The minimum Gasteiger partial charge on any atom is -0.478 e. The summed E-state index contributed by atoms with van der Waals surface area (Å²) < 4.78 is 0. The van der Waals surface area contributed by atoms with Crippen LogP contribution in [0.3, 0.4) is 0 Å². The SMILES string of the molecule is O=C(O)/C=C/c1ccc(N[C@@H]2CCCN(Cc3ccccc3)C2)nc1. The normalized spacial score (nSPS) is 18.3. The molecule has 0 unspecified atom stereocenters. The molecule has 3 rings (SSSR count). The van der Waals surface area contributed by atoms with Crippen molar-refractivity contribution in [3.8, 4) is 0 Å². The number of pyridine rings is 1. The van der Waals surface area contributed by atoms with Crippen molar-refractivity contribution in [3.63, 3.8) is 0 Å². The van der Waals surface area contributed by atoms with Crippen molar-refractivity contribution in [2.45, 2.75) is 25.4 Å². The van der Waals surface area contributed by atoms with Gasteiger partial charge in [0.1, 0.15) is 5.82 Å². The third-order valence-electron chi connectivity index (χ3n) is 4.31. The van der Waals surface area contributed by atoms with Crippen molar-refractivity contribution in [2.24, 2.45) is 0 Å². The van der Waals surface area contributed by atoms with E-state index >= 15 is 0 Å². The lowest BCUT2D eigenvalue weighted by atomic mass is 10.0. The Morgan fingerprint density at radius 2 is 2.12 bits per heavy atom. The van der Waals surface area contributed by atoms with Crippen LogP contribution in [-0.2, 0) is 11.3 Å². The molecule has 1 saturated heterocycles. The predicted octanol–water partition coefficient (Wildman–Crippen LogP) is 3.26. The topological polar surface area (TPSA) is 65.5 Å². The average molecular weight is 337 g/mol. The van der Waals surface area contributed by atoms with E-state index in [-0.39, 0.29) is 0 Å². The highest BCUT2D eigenvalue weighted by atomic mass is 16.4. The molecule has 2 aromatic rings. The number of anilines is 1. The first-order chi connectivity index (χ1) is 12.2. The molecule has 0 amide bonds. The fraction of sp³-hybridized carbons (Fsp3) is 0.300. The summed E-state index contributed by atoms with van der Waals surface area (Å²) in [5, 5.41) is 12.1. The Labute approximate surface area is 148 Å². The molecule has 2 heterocycles. The van der Waals surface area contributed by atoms with Crippen LogP contribution in [0.25, 0.3) is 6.08 Å². The Balaban J connectivity index is 1.54. The number of aliphatic carboxylic acids is 1. The van der Waals surface area contributed by atoms with E-state index in [0.29, 0.717) is 6.04 Å². The van der Waals surface area contributed by atoms with E-state index in [1.165, 1.54) is 12.0 Å². The number of rotatable bonds is 6. The first-order valence-corrected chi connectivity index (χ1v) is 8.59. The van der Waals surface area contributed by atoms with Gasteiger partial charge in [0, 0.05) is 31.4 Å². The molecule has 25 heavy (non-hydrogen) atoms. The standard InChI is InChI=1S/C20H23N3O2/c24-20(25)11-9-16-8-10-19(21-13-16)22-18-7-4-12-23(15-18)14-17-5-2-1-3-6-17/h1-3,5-6,8-11,13,18H,4,7,12,14-15H2,(H,21,22)(H,24,25)/b11-9+/t18-/m1/s1. The van der Waals surface area contributed by atoms with E-state index in [2.05, 4.69) is 39.5 Å². The lowest BCUT2D eigenvalue weighted by Crippen LogP contribution is -2.41. The summed E-state index contributed by atoms with van der Waals surface area (Å²) in [5.41, 5.74) is 2.12. The van der Waals surface area contributed by atoms with Crippen LogP contribution in [0.2, 0.25) is 0 Å². The van der Waals surface area contributed by atoms with Crippen molar-refractivity contribution < 1.29 is 9.90 Å². The third kappa shape index (κ3) is 5.43. The highest BCUT2D eigenvalue weighted by Crippen LogP contribution is 2.17. The van der Waals surface area contributed by atoms with Gasteiger partial charge >= 0.3 is 5.97 Å². The van der Waals surface area contributed by atoms with Gasteiger partial charge in [-0.15, -0.1) is 0 Å². The number of benzene rings is 1. The van der Waals surface area contributed by atoms with Gasteiger partial charge in [0.25, 0.3) is 0 Å². The molecule has 0 saturated carbocycles. The van der Waals surface area contributed by atoms with Gasteiger partial charge in [0.15, 0.2) is 0 Å². The largest absolute Gasteiger partial charge is 0.478 e. The van der Waals surface area contributed by atoms with Gasteiger partial charge in [0.05, 0.1) is 0 Å². The summed E-state index contributed by atoms with van der Waals surface area (Å²) in [6, 6.07) is 14.7. The van der Waals surface area contributed by atoms with E-state index < -0.39 is 5.97 Å². The zero-order chi connectivity index (χ0) is 17.5. The Hall–Kier alpha value is -2.66. The van der Waals surface area contributed by atoms with Gasteiger partial charge in [0.2, 0.25) is 0 Å². The molecule has 1 aliphatic rings. The number of carboxylic acid groups (broad SMARTS) is 1. The smallest absolute Gasteiger partial charge is 0.328 e. The second-order valence-corrected chi connectivity index (χ2v) is 6.35. The van der Waals surface area contributed by atoms with Crippen LogP contribution >= 0.6 is 0 Å². The van der Waals surface area contributed by atoms with Gasteiger partial charge < -0.3 is 10.4 Å². The molecular weight excluding hydrogens is 314 g/mol. The van der Waals surface area contributed by atoms with E-state index in [4.69, 9.17) is 5.11 Å². The predicted molar refractivity (Wildman–Crippen MR) is 99.3 cm³/mol. The van der Waals surface area contributed by atoms with E-state index in [9.17, 15) is 4.79 Å². The lowest BCUT2D eigenvalue weighted by molar-refractivity contribution is -0.131. The second kappa shape index (κ2) is 8.44. The Kier molecular flexibility index (Phi) is 5.80. The first-order valence-electron chi connectivity index (χ1n) is 8.59. The van der Waals surface area contributed by atoms with Crippen LogP contribution in [0.15, 0.2) is 54.7 Å². The number of nitrogens with one attached hydrogen (secondary N) is 1. The van der Waals surface area contributed by atoms with Crippen molar-refractivity contribution >= 4 is 17.9 Å². The number of hydrogen-bond acceptors (Lipinski definition) is 4. The average Bonchev–Trinajstić information content (AvgIpc) is 2.62. The second-order valence-electron chi connectivity index (χ2n) is 6.35. The van der Waals surface area contributed by atoms with Crippen molar-refractivity contribution in [3.05, 3.63) is 65.9 Å². The quantitative estimate of drug-likeness (QED) is 0.792. The van der Waals surface area contributed by atoms with Crippen LogP contribution in [0.1, 0.15) is 24.0 Å². The fourth-order valence-electron chi connectivity index (χ4n) is 3.12. The number of piperidine rings is 1. The highest BCUT2D eigenvalue weighted by Gasteiger charge is 2.20. The van der Waals surface area contributed by atoms with Crippen LogP contribution in [0.4, 0.5) is 5.82 Å². The molecule has 0 bridgehead atoms. The summed E-state index contributed by atoms with van der Waals surface area (Å²) in [6.07, 6.45) is 6.65. The van der Waals surface area contributed by atoms with Gasteiger partial charge in [-0.25, -0.2) is 9.78 Å². The molecule has 1 fully saturated rings. The van der Waals surface area contributed by atoms with Gasteiger partial charge in [-0.3, -0.25) is 4.90 Å². The van der Waals surface area contributed by atoms with Crippen molar-refractivity contribution in [1.82, 2.24) is 9.88 Å². The number of carboxylic acids is 1. The molecule has 0 spiro atoms. The molecule has 5 heteroatoms. The first kappa shape index (κ1) is 17.2. The Morgan fingerprint density at radius 3 is 2.84 bits per heavy atom. The molecular formula is C20H23N3O2. The Morgan fingerprint density at radius 1 is 1.28 bits per heavy atom. The summed E-state index contributed by atoms with van der Waals surface area (Å²) in [4.78, 5) is 17.4. The van der Waals surface area contributed by atoms with E-state index in [0.717, 1.165) is 43.5 Å². The number of carbonyl (C=O) groups is 1. The Bertz CT molecular complexity index is 713. The highest BCUT2D eigenvalue weighted by molar-refractivity contribution is 5.85. The van der Waals surface area contributed by atoms with Crippen molar-refractivity contribution in [1.29, 1.82) is 0 Å². The molecule has 1 aromatic heterocycles. The molecule has 1 aliphatic heterocycles. The number of hydrogen-bond donors (Lipinski definition) is 2. The molecule has 0 aliphatic carbocycles. The van der Waals surface area contributed by atoms with Crippen LogP contribution < -0.4 is 5.32 Å². The molecule has 1 aromatic carbocycles. The minimum absolute atomic E-state index is 0.380. The zero-order valence-electron chi connectivity index (χ0n) is 14.1. The molecule has 1 atom stereocenters. The van der Waals surface area contributed by atoms with Gasteiger partial charge in [-0.1, -0.05) is 30.3 Å². The van der Waals surface area contributed by atoms with Crippen molar-refractivity contribution in [2.75, 3.05) is 18.4 Å². The summed E-state index contributed by atoms with van der Waals surface area (Å²) in [6.45, 7) is 3.10. The van der Waals surface area contributed by atoms with E-state index in [1.54, 1.807) is 12.3 Å². The summed E-state index contributed by atoms with van der Waals surface area (Å²) in [7, 11) is 0. The maximum atomic E-state index is 10.5. The van der Waals surface area contributed by atoms with Crippen LogP contribution in [-0.4, -0.2) is 40.1 Å². The fourth-order valence-corrected chi connectivity index (χ4v) is 3.12. The summed E-state index contributed by atoms with van der Waals surface area (Å²) >= 11 is 0. The van der Waals surface area contributed by atoms with Gasteiger partial charge in [-0.2, -0.15) is 0 Å². The third-order valence-corrected chi connectivity index (χ3v) is 4.31. The van der Waals surface area contributed by atoms with E-state index in [1.807, 2.05) is 18.2 Å². The molecule has 130 valence electrons. The summed E-state index contributed by atoms with van der Waals surface area (Å²) in [5.74, 6) is -0.123. The number of aromatic nitrogens is 1. The number of nitrogens with zero attached hydrogens (tertiary/aromatic N) is 2. The molecule has 0 radical (unpaired) electrons.